The van der Waals surface area contributed by atoms with Crippen molar-refractivity contribution in [2.24, 2.45) is 5.92 Å². The second-order valence-corrected chi connectivity index (χ2v) is 3.61. The van der Waals surface area contributed by atoms with Gasteiger partial charge in [0, 0.05) is 0 Å². The molecule has 1 radical (unpaired) electrons. The average Bonchev–Trinajstić information content (AvgIpc) is 1.87. The molecule has 0 fully saturated rings. The van der Waals surface area contributed by atoms with Crippen molar-refractivity contribution >= 4 is 0 Å². The van der Waals surface area contributed by atoms with E-state index in [4.69, 9.17) is 0 Å². The van der Waals surface area contributed by atoms with Crippen LogP contribution in [0.2, 0.25) is 0 Å². The Bertz CT molecular complexity index is 107. The van der Waals surface area contributed by atoms with E-state index in [9.17, 15) is 0 Å². The summed E-state index contributed by atoms with van der Waals surface area (Å²) in [4.78, 5) is 0. The topological polar surface area (TPSA) is 0 Å². The lowest BCUT2D eigenvalue weighted by molar-refractivity contribution is 0.500. The van der Waals surface area contributed by atoms with E-state index in [1.807, 2.05) is 0 Å². The van der Waals surface area contributed by atoms with Crippen molar-refractivity contribution in [2.45, 2.75) is 46.5 Å². The first-order chi connectivity index (χ1) is 5.16. The highest BCUT2D eigenvalue weighted by molar-refractivity contribution is 4.92. The molecule has 0 saturated heterocycles. The quantitative estimate of drug-likeness (QED) is 0.524. The highest BCUT2D eigenvalue weighted by atomic mass is 14.0. The van der Waals surface area contributed by atoms with Crippen LogP contribution < -0.4 is 0 Å². The van der Waals surface area contributed by atoms with Gasteiger partial charge in [0.1, 0.15) is 0 Å². The number of hydrogen-bond acceptors (Lipinski definition) is 0. The minimum Gasteiger partial charge on any atom is -0.0859 e. The van der Waals surface area contributed by atoms with Crippen molar-refractivity contribution in [1.82, 2.24) is 0 Å². The first-order valence-corrected chi connectivity index (χ1v) is 4.59. The summed E-state index contributed by atoms with van der Waals surface area (Å²) in [5.41, 5.74) is 1.44. The molecule has 0 spiro atoms. The summed E-state index contributed by atoms with van der Waals surface area (Å²) in [6.07, 6.45) is 7.23. The molecule has 0 aromatic carbocycles. The van der Waals surface area contributed by atoms with Gasteiger partial charge in [-0.05, 0) is 32.6 Å². The summed E-state index contributed by atoms with van der Waals surface area (Å²) >= 11 is 0. The Morgan fingerprint density at radius 3 is 2.45 bits per heavy atom. The Morgan fingerprint density at radius 1 is 1.36 bits per heavy atom. The largest absolute Gasteiger partial charge is 0.0859 e. The highest BCUT2D eigenvalue weighted by Crippen LogP contribution is 2.12. The first-order valence-electron chi connectivity index (χ1n) is 4.59. The minimum absolute atomic E-state index is 0.850. The summed E-state index contributed by atoms with van der Waals surface area (Å²) in [6.45, 7) is 10.5. The second-order valence-electron chi connectivity index (χ2n) is 3.61. The highest BCUT2D eigenvalue weighted by Gasteiger charge is 1.97. The van der Waals surface area contributed by atoms with Crippen molar-refractivity contribution in [1.29, 1.82) is 0 Å². The van der Waals surface area contributed by atoms with Gasteiger partial charge in [-0.2, -0.15) is 0 Å². The van der Waals surface area contributed by atoms with E-state index in [0.717, 1.165) is 12.3 Å². The van der Waals surface area contributed by atoms with Gasteiger partial charge < -0.3 is 0 Å². The van der Waals surface area contributed by atoms with E-state index in [-0.39, 0.29) is 0 Å². The van der Waals surface area contributed by atoms with Crippen LogP contribution in [0.1, 0.15) is 46.5 Å². The Hall–Kier alpha value is -0.260. The lowest BCUT2D eigenvalue weighted by atomic mass is 10.00. The van der Waals surface area contributed by atoms with Crippen LogP contribution in [-0.4, -0.2) is 0 Å². The standard InChI is InChI=1S/C11H21/c1-5-7-11(4)9-6-8-10(2)3/h8,11H,1,5-7,9H2,2-4H3. The van der Waals surface area contributed by atoms with Gasteiger partial charge in [0.2, 0.25) is 0 Å². The van der Waals surface area contributed by atoms with E-state index in [2.05, 4.69) is 33.8 Å². The SMILES string of the molecule is [CH2]CCC(C)CCC=C(C)C. The first kappa shape index (κ1) is 10.7. The molecule has 1 atom stereocenters. The molecule has 0 heteroatoms. The molecule has 0 bridgehead atoms. The molecular weight excluding hydrogens is 132 g/mol. The summed E-state index contributed by atoms with van der Waals surface area (Å²) in [5.74, 6) is 0.850. The van der Waals surface area contributed by atoms with Gasteiger partial charge >= 0.3 is 0 Å². The molecular formula is C11H21. The molecule has 0 nitrogen and oxygen atoms in total. The molecule has 0 aromatic rings. The Morgan fingerprint density at radius 2 is 2.00 bits per heavy atom. The van der Waals surface area contributed by atoms with Crippen LogP contribution in [0.3, 0.4) is 0 Å². The lowest BCUT2D eigenvalue weighted by Crippen LogP contribution is -1.92. The van der Waals surface area contributed by atoms with E-state index < -0.39 is 0 Å². The monoisotopic (exact) mass is 153 g/mol. The van der Waals surface area contributed by atoms with Crippen LogP contribution in [0.4, 0.5) is 0 Å². The third-order valence-electron chi connectivity index (χ3n) is 1.91. The molecule has 0 heterocycles. The summed E-state index contributed by atoms with van der Waals surface area (Å²) < 4.78 is 0. The third-order valence-corrected chi connectivity index (χ3v) is 1.91. The number of hydrogen-bond donors (Lipinski definition) is 0. The zero-order valence-corrected chi connectivity index (χ0v) is 8.19. The molecule has 1 unspecified atom stereocenters. The van der Waals surface area contributed by atoms with E-state index >= 15 is 0 Å². The summed E-state index contributed by atoms with van der Waals surface area (Å²) in [5, 5.41) is 0. The normalized spacial score (nSPS) is 12.7. The van der Waals surface area contributed by atoms with Crippen LogP contribution in [0.5, 0.6) is 0 Å². The smallest absolute Gasteiger partial charge is 0.0346 e. The van der Waals surface area contributed by atoms with Crippen LogP contribution in [0.15, 0.2) is 11.6 Å². The molecule has 0 amide bonds. The fourth-order valence-electron chi connectivity index (χ4n) is 1.15. The number of allylic oxidation sites excluding steroid dienone is 2. The molecule has 0 N–H and O–H groups in total. The van der Waals surface area contributed by atoms with Crippen molar-refractivity contribution < 1.29 is 0 Å². The van der Waals surface area contributed by atoms with Crippen LogP contribution in [-0.2, 0) is 0 Å². The van der Waals surface area contributed by atoms with Gasteiger partial charge in [0.05, 0.1) is 0 Å². The fourth-order valence-corrected chi connectivity index (χ4v) is 1.15. The maximum absolute atomic E-state index is 3.85. The van der Waals surface area contributed by atoms with Gasteiger partial charge in [-0.1, -0.05) is 38.3 Å². The minimum atomic E-state index is 0.850. The lowest BCUT2D eigenvalue weighted by Gasteiger charge is -2.06. The van der Waals surface area contributed by atoms with Gasteiger partial charge in [0.15, 0.2) is 0 Å². The van der Waals surface area contributed by atoms with Gasteiger partial charge in [0.25, 0.3) is 0 Å². The fraction of sp³-hybridized carbons (Fsp3) is 0.727. The Labute approximate surface area is 71.7 Å². The predicted molar refractivity (Wildman–Crippen MR) is 52.4 cm³/mol. The summed E-state index contributed by atoms with van der Waals surface area (Å²) in [7, 11) is 0. The average molecular weight is 153 g/mol. The van der Waals surface area contributed by atoms with E-state index in [0.29, 0.717) is 0 Å². The van der Waals surface area contributed by atoms with E-state index in [1.54, 1.807) is 0 Å². The zero-order chi connectivity index (χ0) is 8.69. The van der Waals surface area contributed by atoms with Gasteiger partial charge in [-0.15, -0.1) is 0 Å². The van der Waals surface area contributed by atoms with Gasteiger partial charge in [-0.3, -0.25) is 0 Å². The Kier molecular flexibility index (Phi) is 6.30. The van der Waals surface area contributed by atoms with Crippen molar-refractivity contribution in [2.75, 3.05) is 0 Å². The molecule has 0 aliphatic heterocycles. The van der Waals surface area contributed by atoms with Gasteiger partial charge in [-0.25, -0.2) is 0 Å². The maximum Gasteiger partial charge on any atom is -0.0346 e. The predicted octanol–water partition coefficient (Wildman–Crippen LogP) is 3.98. The van der Waals surface area contributed by atoms with Crippen LogP contribution in [0.25, 0.3) is 0 Å². The maximum atomic E-state index is 3.85. The van der Waals surface area contributed by atoms with E-state index in [1.165, 1.54) is 24.8 Å². The molecule has 0 aliphatic rings. The molecule has 11 heavy (non-hydrogen) atoms. The molecule has 0 rings (SSSR count). The molecule has 0 aromatic heterocycles. The summed E-state index contributed by atoms with van der Waals surface area (Å²) in [6, 6.07) is 0. The zero-order valence-electron chi connectivity index (χ0n) is 8.19. The van der Waals surface area contributed by atoms with Crippen LogP contribution >= 0.6 is 0 Å². The molecule has 0 aliphatic carbocycles. The molecule has 0 saturated carbocycles. The van der Waals surface area contributed by atoms with Crippen LogP contribution in [0, 0.1) is 12.8 Å². The van der Waals surface area contributed by atoms with Crippen molar-refractivity contribution in [3.63, 3.8) is 0 Å². The van der Waals surface area contributed by atoms with Crippen molar-refractivity contribution in [3.05, 3.63) is 18.6 Å². The number of rotatable bonds is 5. The Balaban J connectivity index is 3.31. The third kappa shape index (κ3) is 7.64. The second kappa shape index (κ2) is 6.45. The van der Waals surface area contributed by atoms with Crippen molar-refractivity contribution in [3.8, 4) is 0 Å². The molecule has 65 valence electrons.